The third kappa shape index (κ3) is 6.93. The van der Waals surface area contributed by atoms with E-state index >= 15 is 0 Å². The first-order valence-electron chi connectivity index (χ1n) is 10.3. The number of rotatable bonds is 11. The van der Waals surface area contributed by atoms with Crippen molar-refractivity contribution in [2.75, 3.05) is 27.9 Å². The summed E-state index contributed by atoms with van der Waals surface area (Å²) in [6, 6.07) is 15.3. The fourth-order valence-corrected chi connectivity index (χ4v) is 4.05. The molecule has 3 aromatic rings. The van der Waals surface area contributed by atoms with Crippen molar-refractivity contribution >= 4 is 39.1 Å². The minimum atomic E-state index is 0.350. The maximum Gasteiger partial charge on any atom is 0.162 e. The quantitative estimate of drug-likeness (QED) is 0.267. The van der Waals surface area contributed by atoms with Crippen LogP contribution >= 0.6 is 39.1 Å². The van der Waals surface area contributed by atoms with E-state index in [-0.39, 0.29) is 0 Å². The number of halogens is 3. The molecule has 3 rings (SSSR count). The van der Waals surface area contributed by atoms with E-state index in [2.05, 4.69) is 21.2 Å². The number of nitrogens with one attached hydrogen (secondary N) is 1. The molecule has 0 aliphatic heterocycles. The monoisotopic (exact) mass is 553 g/mol. The summed E-state index contributed by atoms with van der Waals surface area (Å²) in [6.07, 6.45) is 0.861. The van der Waals surface area contributed by atoms with Crippen molar-refractivity contribution in [3.05, 3.63) is 79.7 Å². The molecule has 33 heavy (non-hydrogen) atoms. The topological polar surface area (TPSA) is 49.0 Å². The molecule has 0 saturated heterocycles. The van der Waals surface area contributed by atoms with Crippen molar-refractivity contribution in [2.45, 2.75) is 19.6 Å². The van der Waals surface area contributed by atoms with Crippen LogP contribution in [0.25, 0.3) is 0 Å². The zero-order valence-electron chi connectivity index (χ0n) is 18.7. The molecule has 8 heteroatoms. The van der Waals surface area contributed by atoms with E-state index in [0.29, 0.717) is 34.7 Å². The minimum absolute atomic E-state index is 0.350. The van der Waals surface area contributed by atoms with Crippen LogP contribution in [0, 0.1) is 0 Å². The largest absolute Gasteiger partial charge is 0.493 e. The molecule has 3 aromatic carbocycles. The first kappa shape index (κ1) is 25.5. The zero-order valence-corrected chi connectivity index (χ0v) is 21.8. The standard InChI is InChI=1S/C25H26BrCl2NO4/c1-30-22-7-5-16(11-23(22)31-2)8-9-29-14-18-12-24(32-3)25(13-19(18)26)33-15-17-4-6-20(27)21(28)10-17/h4-7,10-13,29H,8-9,14-15H2,1-3H3. The summed E-state index contributed by atoms with van der Waals surface area (Å²) < 4.78 is 23.1. The minimum Gasteiger partial charge on any atom is -0.493 e. The predicted octanol–water partition coefficient (Wildman–Crippen LogP) is 6.69. The second-order valence-corrected chi connectivity index (χ2v) is 8.92. The fraction of sp³-hybridized carbons (Fsp3) is 0.280. The molecular weight excluding hydrogens is 529 g/mol. The Morgan fingerprint density at radius 1 is 0.758 bits per heavy atom. The van der Waals surface area contributed by atoms with Crippen LogP contribution in [0.4, 0.5) is 0 Å². The average Bonchev–Trinajstić information content (AvgIpc) is 2.83. The van der Waals surface area contributed by atoms with Gasteiger partial charge in [-0.25, -0.2) is 0 Å². The van der Waals surface area contributed by atoms with Gasteiger partial charge in [0.15, 0.2) is 23.0 Å². The van der Waals surface area contributed by atoms with Crippen molar-refractivity contribution in [3.63, 3.8) is 0 Å². The third-order valence-electron chi connectivity index (χ3n) is 5.06. The van der Waals surface area contributed by atoms with Gasteiger partial charge in [0.2, 0.25) is 0 Å². The van der Waals surface area contributed by atoms with E-state index in [4.69, 9.17) is 42.1 Å². The number of hydrogen-bond acceptors (Lipinski definition) is 5. The number of hydrogen-bond donors (Lipinski definition) is 1. The lowest BCUT2D eigenvalue weighted by Gasteiger charge is -2.15. The van der Waals surface area contributed by atoms with E-state index in [1.807, 2.05) is 36.4 Å². The average molecular weight is 555 g/mol. The Labute approximate surface area is 213 Å². The van der Waals surface area contributed by atoms with Gasteiger partial charge in [-0.3, -0.25) is 0 Å². The van der Waals surface area contributed by atoms with Crippen LogP contribution in [-0.4, -0.2) is 27.9 Å². The highest BCUT2D eigenvalue weighted by Gasteiger charge is 2.11. The maximum atomic E-state index is 6.09. The molecule has 0 spiro atoms. The van der Waals surface area contributed by atoms with E-state index in [1.54, 1.807) is 33.5 Å². The predicted molar refractivity (Wildman–Crippen MR) is 136 cm³/mol. The van der Waals surface area contributed by atoms with Gasteiger partial charge in [-0.1, -0.05) is 51.3 Å². The Balaban J connectivity index is 1.58. The van der Waals surface area contributed by atoms with Gasteiger partial charge in [0, 0.05) is 11.0 Å². The number of benzene rings is 3. The summed E-state index contributed by atoms with van der Waals surface area (Å²) in [5.74, 6) is 2.77. The Hall–Kier alpha value is -2.12. The molecule has 1 N–H and O–H groups in total. The summed E-state index contributed by atoms with van der Waals surface area (Å²) in [7, 11) is 4.90. The van der Waals surface area contributed by atoms with Crippen LogP contribution in [0.2, 0.25) is 10.0 Å². The van der Waals surface area contributed by atoms with Gasteiger partial charge < -0.3 is 24.3 Å². The van der Waals surface area contributed by atoms with E-state index in [1.165, 1.54) is 5.56 Å². The highest BCUT2D eigenvalue weighted by Crippen LogP contribution is 2.34. The van der Waals surface area contributed by atoms with Gasteiger partial charge in [0.25, 0.3) is 0 Å². The van der Waals surface area contributed by atoms with Gasteiger partial charge in [0.05, 0.1) is 31.4 Å². The Kier molecular flexibility index (Phi) is 9.56. The molecule has 5 nitrogen and oxygen atoms in total. The van der Waals surface area contributed by atoms with Gasteiger partial charge in [-0.15, -0.1) is 0 Å². The Bertz CT molecular complexity index is 1090. The molecule has 0 atom stereocenters. The Morgan fingerprint density at radius 2 is 1.45 bits per heavy atom. The van der Waals surface area contributed by atoms with Crippen molar-refractivity contribution in [1.29, 1.82) is 0 Å². The highest BCUT2D eigenvalue weighted by atomic mass is 79.9. The van der Waals surface area contributed by atoms with Crippen molar-refractivity contribution in [1.82, 2.24) is 5.32 Å². The van der Waals surface area contributed by atoms with Crippen LogP contribution in [0.5, 0.6) is 23.0 Å². The molecule has 0 heterocycles. The van der Waals surface area contributed by atoms with Crippen molar-refractivity contribution in [2.24, 2.45) is 0 Å². The molecule has 0 amide bonds. The van der Waals surface area contributed by atoms with Crippen LogP contribution in [0.3, 0.4) is 0 Å². The number of ether oxygens (including phenoxy) is 4. The van der Waals surface area contributed by atoms with Crippen LogP contribution < -0.4 is 24.3 Å². The van der Waals surface area contributed by atoms with Crippen molar-refractivity contribution in [3.8, 4) is 23.0 Å². The van der Waals surface area contributed by atoms with E-state index < -0.39 is 0 Å². The summed E-state index contributed by atoms with van der Waals surface area (Å²) in [5.41, 5.74) is 3.16. The first-order chi connectivity index (χ1) is 15.9. The van der Waals surface area contributed by atoms with Crippen molar-refractivity contribution < 1.29 is 18.9 Å². The SMILES string of the molecule is COc1ccc(CCNCc2cc(OC)c(OCc3ccc(Cl)c(Cl)c3)cc2Br)cc1OC. The second kappa shape index (κ2) is 12.4. The van der Waals surface area contributed by atoms with Gasteiger partial charge in [-0.05, 0) is 66.1 Å². The summed E-state index contributed by atoms with van der Waals surface area (Å²) in [4.78, 5) is 0. The van der Waals surface area contributed by atoms with E-state index in [9.17, 15) is 0 Å². The molecule has 0 fully saturated rings. The molecule has 0 aliphatic carbocycles. The number of methoxy groups -OCH3 is 3. The highest BCUT2D eigenvalue weighted by molar-refractivity contribution is 9.10. The first-order valence-corrected chi connectivity index (χ1v) is 11.8. The molecule has 0 saturated carbocycles. The zero-order chi connectivity index (χ0) is 23.8. The molecular formula is C25H26BrCl2NO4. The molecule has 0 aliphatic rings. The molecule has 0 unspecified atom stereocenters. The molecule has 176 valence electrons. The fourth-order valence-electron chi connectivity index (χ4n) is 3.27. The maximum absolute atomic E-state index is 6.09. The van der Waals surface area contributed by atoms with Gasteiger partial charge in [-0.2, -0.15) is 0 Å². The normalized spacial score (nSPS) is 10.7. The lowest BCUT2D eigenvalue weighted by atomic mass is 10.1. The Morgan fingerprint density at radius 3 is 2.15 bits per heavy atom. The third-order valence-corrected chi connectivity index (χ3v) is 6.54. The molecule has 0 bridgehead atoms. The second-order valence-electron chi connectivity index (χ2n) is 7.25. The van der Waals surface area contributed by atoms with Gasteiger partial charge >= 0.3 is 0 Å². The smallest absolute Gasteiger partial charge is 0.162 e. The van der Waals surface area contributed by atoms with Gasteiger partial charge in [0.1, 0.15) is 6.61 Å². The van der Waals surface area contributed by atoms with Crippen LogP contribution in [0.1, 0.15) is 16.7 Å². The van der Waals surface area contributed by atoms with E-state index in [0.717, 1.165) is 40.1 Å². The molecule has 0 aromatic heterocycles. The van der Waals surface area contributed by atoms with Crippen LogP contribution in [0.15, 0.2) is 53.0 Å². The summed E-state index contributed by atoms with van der Waals surface area (Å²) >= 11 is 15.7. The van der Waals surface area contributed by atoms with Crippen LogP contribution in [-0.2, 0) is 19.6 Å². The lowest BCUT2D eigenvalue weighted by Crippen LogP contribution is -2.17. The molecule has 0 radical (unpaired) electrons. The lowest BCUT2D eigenvalue weighted by molar-refractivity contribution is 0.284. The summed E-state index contributed by atoms with van der Waals surface area (Å²) in [6.45, 7) is 1.83. The summed E-state index contributed by atoms with van der Waals surface area (Å²) in [5, 5.41) is 4.49.